The van der Waals surface area contributed by atoms with Crippen molar-refractivity contribution in [1.29, 1.82) is 0 Å². The summed E-state index contributed by atoms with van der Waals surface area (Å²) in [7, 11) is 1.95. The summed E-state index contributed by atoms with van der Waals surface area (Å²) < 4.78 is 0. The molecule has 1 heteroatoms. The van der Waals surface area contributed by atoms with Crippen molar-refractivity contribution in [2.75, 3.05) is 12.4 Å². The Morgan fingerprint density at radius 1 is 0.889 bits per heavy atom. The van der Waals surface area contributed by atoms with Crippen LogP contribution in [0.25, 0.3) is 0 Å². The zero-order valence-corrected chi connectivity index (χ0v) is 11.7. The first-order valence-corrected chi connectivity index (χ1v) is 6.43. The van der Waals surface area contributed by atoms with Crippen LogP contribution in [0.15, 0.2) is 36.4 Å². The van der Waals surface area contributed by atoms with Gasteiger partial charge in [0.2, 0.25) is 0 Å². The van der Waals surface area contributed by atoms with Crippen LogP contribution in [0.1, 0.15) is 27.8 Å². The third-order valence-corrected chi connectivity index (χ3v) is 3.46. The summed E-state index contributed by atoms with van der Waals surface area (Å²) >= 11 is 0. The molecule has 0 fully saturated rings. The number of nitrogens with one attached hydrogen (secondary N) is 1. The topological polar surface area (TPSA) is 12.0 Å². The van der Waals surface area contributed by atoms with Gasteiger partial charge in [0, 0.05) is 12.7 Å². The van der Waals surface area contributed by atoms with Gasteiger partial charge in [-0.2, -0.15) is 0 Å². The normalized spacial score (nSPS) is 10.4. The summed E-state index contributed by atoms with van der Waals surface area (Å²) in [6.45, 7) is 6.57. The van der Waals surface area contributed by atoms with Crippen molar-refractivity contribution in [2.45, 2.75) is 27.2 Å². The van der Waals surface area contributed by atoms with Gasteiger partial charge in [-0.25, -0.2) is 0 Å². The summed E-state index contributed by atoms with van der Waals surface area (Å²) in [5, 5.41) is 3.15. The molecule has 0 heterocycles. The first-order valence-electron chi connectivity index (χ1n) is 6.43. The molecule has 18 heavy (non-hydrogen) atoms. The van der Waals surface area contributed by atoms with Crippen LogP contribution in [0.2, 0.25) is 0 Å². The minimum absolute atomic E-state index is 1.02. The largest absolute Gasteiger partial charge is 0.388 e. The molecule has 1 N–H and O–H groups in total. The van der Waals surface area contributed by atoms with E-state index in [1.165, 1.54) is 27.8 Å². The van der Waals surface area contributed by atoms with Crippen LogP contribution in [0.5, 0.6) is 0 Å². The lowest BCUT2D eigenvalue weighted by Crippen LogP contribution is -1.97. The number of rotatable bonds is 3. The van der Waals surface area contributed by atoms with E-state index in [2.05, 4.69) is 62.5 Å². The van der Waals surface area contributed by atoms with Gasteiger partial charge in [-0.15, -0.1) is 0 Å². The second-order valence-corrected chi connectivity index (χ2v) is 5.00. The van der Waals surface area contributed by atoms with Gasteiger partial charge in [-0.1, -0.05) is 29.8 Å². The minimum atomic E-state index is 1.02. The zero-order valence-electron chi connectivity index (χ0n) is 11.7. The van der Waals surface area contributed by atoms with Crippen molar-refractivity contribution < 1.29 is 0 Å². The molecule has 0 aliphatic rings. The van der Waals surface area contributed by atoms with E-state index in [0.717, 1.165) is 12.1 Å². The lowest BCUT2D eigenvalue weighted by molar-refractivity contribution is 1.11. The van der Waals surface area contributed by atoms with Gasteiger partial charge in [-0.05, 0) is 61.6 Å². The average molecular weight is 239 g/mol. The summed E-state index contributed by atoms with van der Waals surface area (Å²) in [5.74, 6) is 0. The molecule has 0 saturated heterocycles. The van der Waals surface area contributed by atoms with Crippen molar-refractivity contribution in [2.24, 2.45) is 0 Å². The van der Waals surface area contributed by atoms with E-state index < -0.39 is 0 Å². The van der Waals surface area contributed by atoms with Crippen LogP contribution in [-0.2, 0) is 6.42 Å². The molecule has 0 saturated carbocycles. The minimum Gasteiger partial charge on any atom is -0.388 e. The molecule has 0 radical (unpaired) electrons. The fraction of sp³-hybridized carbons (Fsp3) is 0.294. The van der Waals surface area contributed by atoms with E-state index in [1.807, 2.05) is 7.05 Å². The maximum absolute atomic E-state index is 3.15. The predicted octanol–water partition coefficient (Wildman–Crippen LogP) is 4.24. The van der Waals surface area contributed by atoms with E-state index in [0.29, 0.717) is 0 Å². The van der Waals surface area contributed by atoms with Crippen LogP contribution in [0.4, 0.5) is 5.69 Å². The number of benzene rings is 2. The first-order chi connectivity index (χ1) is 8.60. The summed E-state index contributed by atoms with van der Waals surface area (Å²) in [5.41, 5.74) is 8.12. The molecule has 0 unspecified atom stereocenters. The van der Waals surface area contributed by atoms with Gasteiger partial charge in [0.1, 0.15) is 0 Å². The number of hydrogen-bond acceptors (Lipinski definition) is 1. The molecular formula is C17H21N. The van der Waals surface area contributed by atoms with Gasteiger partial charge >= 0.3 is 0 Å². The zero-order chi connectivity index (χ0) is 13.1. The number of hydrogen-bond donors (Lipinski definition) is 1. The Morgan fingerprint density at radius 3 is 1.94 bits per heavy atom. The van der Waals surface area contributed by atoms with Crippen LogP contribution in [-0.4, -0.2) is 7.05 Å². The Kier molecular flexibility index (Phi) is 3.71. The molecule has 94 valence electrons. The van der Waals surface area contributed by atoms with Gasteiger partial charge in [0.25, 0.3) is 0 Å². The first kappa shape index (κ1) is 12.7. The Hall–Kier alpha value is -1.76. The van der Waals surface area contributed by atoms with Crippen molar-refractivity contribution in [3.05, 3.63) is 64.2 Å². The fourth-order valence-corrected chi connectivity index (χ4v) is 2.48. The lowest BCUT2D eigenvalue weighted by Gasteiger charge is -2.12. The Balaban J connectivity index is 2.28. The molecule has 2 aromatic rings. The second kappa shape index (κ2) is 5.26. The Bertz CT molecular complexity index is 515. The van der Waals surface area contributed by atoms with Gasteiger partial charge in [0.15, 0.2) is 0 Å². The monoisotopic (exact) mass is 239 g/mol. The quantitative estimate of drug-likeness (QED) is 0.844. The molecule has 0 atom stereocenters. The highest BCUT2D eigenvalue weighted by Gasteiger charge is 2.05. The van der Waals surface area contributed by atoms with E-state index in [9.17, 15) is 0 Å². The van der Waals surface area contributed by atoms with Crippen LogP contribution in [0.3, 0.4) is 0 Å². The van der Waals surface area contributed by atoms with E-state index >= 15 is 0 Å². The smallest absolute Gasteiger partial charge is 0.0337 e. The summed E-state index contributed by atoms with van der Waals surface area (Å²) in [6, 6.07) is 13.2. The van der Waals surface area contributed by atoms with Gasteiger partial charge in [-0.3, -0.25) is 0 Å². The molecule has 2 rings (SSSR count). The second-order valence-electron chi connectivity index (χ2n) is 5.00. The van der Waals surface area contributed by atoms with E-state index in [4.69, 9.17) is 0 Å². The molecule has 0 aromatic heterocycles. The highest BCUT2D eigenvalue weighted by Crippen LogP contribution is 2.20. The molecule has 0 aliphatic carbocycles. The fourth-order valence-electron chi connectivity index (χ4n) is 2.48. The average Bonchev–Trinajstić information content (AvgIpc) is 2.34. The molecular weight excluding hydrogens is 218 g/mol. The third-order valence-electron chi connectivity index (χ3n) is 3.46. The number of aryl methyl sites for hydroxylation is 3. The van der Waals surface area contributed by atoms with Crippen LogP contribution >= 0.6 is 0 Å². The van der Waals surface area contributed by atoms with Gasteiger partial charge in [0.05, 0.1) is 0 Å². The van der Waals surface area contributed by atoms with Crippen molar-refractivity contribution >= 4 is 5.69 Å². The summed E-state index contributed by atoms with van der Waals surface area (Å²) in [4.78, 5) is 0. The van der Waals surface area contributed by atoms with Crippen molar-refractivity contribution in [3.63, 3.8) is 0 Å². The molecule has 0 bridgehead atoms. The van der Waals surface area contributed by atoms with E-state index in [-0.39, 0.29) is 0 Å². The van der Waals surface area contributed by atoms with Crippen LogP contribution in [0, 0.1) is 20.8 Å². The van der Waals surface area contributed by atoms with Crippen LogP contribution < -0.4 is 5.32 Å². The summed E-state index contributed by atoms with van der Waals surface area (Å²) in [6.07, 6.45) is 1.02. The molecule has 0 spiro atoms. The van der Waals surface area contributed by atoms with Crippen molar-refractivity contribution in [3.8, 4) is 0 Å². The van der Waals surface area contributed by atoms with Crippen molar-refractivity contribution in [1.82, 2.24) is 0 Å². The number of anilines is 1. The lowest BCUT2D eigenvalue weighted by atomic mass is 9.94. The molecule has 2 aromatic carbocycles. The Labute approximate surface area is 110 Å². The third kappa shape index (κ3) is 2.73. The maximum Gasteiger partial charge on any atom is 0.0337 e. The highest BCUT2D eigenvalue weighted by atomic mass is 14.8. The predicted molar refractivity (Wildman–Crippen MR) is 79.4 cm³/mol. The maximum atomic E-state index is 3.15. The van der Waals surface area contributed by atoms with Gasteiger partial charge < -0.3 is 5.32 Å². The molecule has 0 aliphatic heterocycles. The molecule has 0 amide bonds. The standard InChI is InChI=1S/C17H21N/c1-12-9-13(2)17(14(3)10-12)11-15-5-7-16(18-4)8-6-15/h5-10,18H,11H2,1-4H3. The molecule has 1 nitrogen and oxygen atoms in total. The Morgan fingerprint density at radius 2 is 1.44 bits per heavy atom. The van der Waals surface area contributed by atoms with E-state index in [1.54, 1.807) is 0 Å². The SMILES string of the molecule is CNc1ccc(Cc2c(C)cc(C)cc2C)cc1. The highest BCUT2D eigenvalue weighted by molar-refractivity contribution is 5.46.